The van der Waals surface area contributed by atoms with Crippen molar-refractivity contribution in [2.24, 2.45) is 5.92 Å². The van der Waals surface area contributed by atoms with E-state index in [9.17, 15) is 0 Å². The highest BCUT2D eigenvalue weighted by Gasteiger charge is 2.06. The zero-order valence-electron chi connectivity index (χ0n) is 8.92. The minimum Gasteiger partial charge on any atom is -0.236 e. The first kappa shape index (κ1) is 10.9. The molecule has 2 rings (SSSR count). The molecule has 0 saturated carbocycles. The maximum atomic E-state index is 8.73. The minimum absolute atomic E-state index is 0.0405. The molecule has 0 aliphatic heterocycles. The predicted molar refractivity (Wildman–Crippen MR) is 65.0 cm³/mol. The van der Waals surface area contributed by atoms with Crippen LogP contribution in [0.4, 0.5) is 0 Å². The predicted octanol–water partition coefficient (Wildman–Crippen LogP) is 2.88. The number of fused-ring (bicyclic) bond motifs is 1. The number of hydrogen-bond acceptors (Lipinski definition) is 4. The molecule has 80 valence electrons. The molecule has 2 aromatic rings. The Kier molecular flexibility index (Phi) is 3.37. The molecule has 0 radical (unpaired) electrons. The highest BCUT2D eigenvalue weighted by molar-refractivity contribution is 7.99. The topological polar surface area (TPSA) is 49.6 Å². The Morgan fingerprint density at radius 2 is 2.19 bits per heavy atom. The molecule has 1 aromatic carbocycles. The zero-order chi connectivity index (χ0) is 11.4. The lowest BCUT2D eigenvalue weighted by molar-refractivity contribution is 0.862. The summed E-state index contributed by atoms with van der Waals surface area (Å²) in [5.41, 5.74) is 0.949. The lowest BCUT2D eigenvalue weighted by Crippen LogP contribution is -1.95. The van der Waals surface area contributed by atoms with Crippen molar-refractivity contribution >= 4 is 22.7 Å². The molecule has 0 saturated heterocycles. The van der Waals surface area contributed by atoms with Crippen molar-refractivity contribution in [1.29, 1.82) is 5.26 Å². The van der Waals surface area contributed by atoms with Crippen molar-refractivity contribution < 1.29 is 0 Å². The maximum absolute atomic E-state index is 8.73. The van der Waals surface area contributed by atoms with Gasteiger partial charge >= 0.3 is 0 Å². The van der Waals surface area contributed by atoms with Crippen molar-refractivity contribution in [3.05, 3.63) is 30.6 Å². The van der Waals surface area contributed by atoms with E-state index in [-0.39, 0.29) is 5.92 Å². The van der Waals surface area contributed by atoms with Gasteiger partial charge in [0.05, 0.1) is 17.5 Å². The van der Waals surface area contributed by atoms with Crippen LogP contribution in [0.1, 0.15) is 6.92 Å². The third kappa shape index (κ3) is 2.31. The summed E-state index contributed by atoms with van der Waals surface area (Å²) >= 11 is 1.61. The fourth-order valence-electron chi connectivity index (χ4n) is 1.34. The highest BCUT2D eigenvalue weighted by atomic mass is 32.2. The van der Waals surface area contributed by atoms with Crippen molar-refractivity contribution in [3.8, 4) is 6.07 Å². The number of aromatic nitrogens is 2. The summed E-state index contributed by atoms with van der Waals surface area (Å²) in [6, 6.07) is 10.1. The fourth-order valence-corrected chi connectivity index (χ4v) is 2.27. The van der Waals surface area contributed by atoms with Gasteiger partial charge in [-0.1, -0.05) is 18.2 Å². The van der Waals surface area contributed by atoms with Crippen LogP contribution in [-0.4, -0.2) is 15.7 Å². The molecule has 1 atom stereocenters. The molecule has 0 bridgehead atoms. The molecule has 0 spiro atoms. The molecular weight excluding hydrogens is 218 g/mol. The molecule has 0 aliphatic carbocycles. The van der Waals surface area contributed by atoms with Crippen LogP contribution < -0.4 is 0 Å². The third-order valence-corrected chi connectivity index (χ3v) is 3.46. The Hall–Kier alpha value is -1.60. The van der Waals surface area contributed by atoms with Gasteiger partial charge in [-0.3, -0.25) is 0 Å². The lowest BCUT2D eigenvalue weighted by Gasteiger charge is -2.04. The fraction of sp³-hybridized carbons (Fsp3) is 0.250. The maximum Gasteiger partial charge on any atom is 0.117 e. The van der Waals surface area contributed by atoms with Crippen LogP contribution in [0.3, 0.4) is 0 Å². The largest absolute Gasteiger partial charge is 0.236 e. The van der Waals surface area contributed by atoms with E-state index in [1.165, 1.54) is 0 Å². The van der Waals surface area contributed by atoms with Gasteiger partial charge in [0.2, 0.25) is 0 Å². The van der Waals surface area contributed by atoms with E-state index < -0.39 is 0 Å². The van der Waals surface area contributed by atoms with Crippen molar-refractivity contribution in [1.82, 2.24) is 9.97 Å². The van der Waals surface area contributed by atoms with Crippen molar-refractivity contribution in [2.45, 2.75) is 11.9 Å². The third-order valence-electron chi connectivity index (χ3n) is 2.20. The summed E-state index contributed by atoms with van der Waals surface area (Å²) in [5, 5.41) is 10.7. The minimum atomic E-state index is 0.0405. The number of benzene rings is 1. The number of nitriles is 1. The SMILES string of the molecule is CC(C#N)CSc1ncnc2ccccc12. The number of nitrogens with zero attached hydrogens (tertiary/aromatic N) is 3. The Bertz CT molecular complexity index is 528. The molecule has 16 heavy (non-hydrogen) atoms. The van der Waals surface area contributed by atoms with Crippen LogP contribution >= 0.6 is 11.8 Å². The molecule has 0 amide bonds. The van der Waals surface area contributed by atoms with E-state index in [0.29, 0.717) is 0 Å². The Balaban J connectivity index is 2.28. The number of rotatable bonds is 3. The van der Waals surface area contributed by atoms with Gasteiger partial charge in [-0.05, 0) is 13.0 Å². The average molecular weight is 229 g/mol. The summed E-state index contributed by atoms with van der Waals surface area (Å²) in [6.45, 7) is 1.91. The van der Waals surface area contributed by atoms with Gasteiger partial charge in [0.25, 0.3) is 0 Å². The number of thioether (sulfide) groups is 1. The van der Waals surface area contributed by atoms with Gasteiger partial charge < -0.3 is 0 Å². The van der Waals surface area contributed by atoms with Gasteiger partial charge in [0.15, 0.2) is 0 Å². The lowest BCUT2D eigenvalue weighted by atomic mass is 10.2. The normalized spacial score (nSPS) is 12.2. The molecule has 0 fully saturated rings. The summed E-state index contributed by atoms with van der Waals surface area (Å²) in [5.74, 6) is 0.802. The molecule has 4 heteroatoms. The molecule has 1 aromatic heterocycles. The standard InChI is InChI=1S/C12H11N3S/c1-9(6-13)7-16-12-10-4-2-3-5-11(10)14-8-15-12/h2-5,8-9H,7H2,1H3. The molecular formula is C12H11N3S. The summed E-state index contributed by atoms with van der Waals surface area (Å²) in [7, 11) is 0. The first-order chi connectivity index (χ1) is 7.81. The number of hydrogen-bond donors (Lipinski definition) is 0. The first-order valence-corrected chi connectivity index (χ1v) is 6.02. The van der Waals surface area contributed by atoms with Crippen LogP contribution in [0.5, 0.6) is 0 Å². The molecule has 1 heterocycles. The van der Waals surface area contributed by atoms with Crippen molar-refractivity contribution in [2.75, 3.05) is 5.75 Å². The second kappa shape index (κ2) is 4.95. The van der Waals surface area contributed by atoms with Crippen LogP contribution in [0.25, 0.3) is 10.9 Å². The Morgan fingerprint density at radius 1 is 1.38 bits per heavy atom. The number of para-hydroxylation sites is 1. The van der Waals surface area contributed by atoms with Crippen LogP contribution in [-0.2, 0) is 0 Å². The second-order valence-corrected chi connectivity index (χ2v) is 4.55. The van der Waals surface area contributed by atoms with Gasteiger partial charge in [-0.2, -0.15) is 5.26 Å². The summed E-state index contributed by atoms with van der Waals surface area (Å²) in [6.07, 6.45) is 1.57. The molecule has 0 aliphatic rings. The summed E-state index contributed by atoms with van der Waals surface area (Å²) < 4.78 is 0. The van der Waals surface area contributed by atoms with E-state index in [0.717, 1.165) is 21.7 Å². The smallest absolute Gasteiger partial charge is 0.117 e. The van der Waals surface area contributed by atoms with Gasteiger partial charge in [0, 0.05) is 11.1 Å². The van der Waals surface area contributed by atoms with Gasteiger partial charge in [0.1, 0.15) is 11.4 Å². The van der Waals surface area contributed by atoms with Crippen LogP contribution in [0, 0.1) is 17.2 Å². The molecule has 3 nitrogen and oxygen atoms in total. The van der Waals surface area contributed by atoms with E-state index in [2.05, 4.69) is 16.0 Å². The summed E-state index contributed by atoms with van der Waals surface area (Å²) in [4.78, 5) is 8.46. The monoisotopic (exact) mass is 229 g/mol. The molecule has 0 N–H and O–H groups in total. The van der Waals surface area contributed by atoms with Gasteiger partial charge in [-0.15, -0.1) is 11.8 Å². The van der Waals surface area contributed by atoms with E-state index >= 15 is 0 Å². The van der Waals surface area contributed by atoms with Crippen molar-refractivity contribution in [3.63, 3.8) is 0 Å². The highest BCUT2D eigenvalue weighted by Crippen LogP contribution is 2.25. The quantitative estimate of drug-likeness (QED) is 0.600. The zero-order valence-corrected chi connectivity index (χ0v) is 9.74. The van der Waals surface area contributed by atoms with Crippen LogP contribution in [0.2, 0.25) is 0 Å². The Labute approximate surface area is 98.5 Å². The van der Waals surface area contributed by atoms with E-state index in [4.69, 9.17) is 5.26 Å². The van der Waals surface area contributed by atoms with E-state index in [1.807, 2.05) is 31.2 Å². The van der Waals surface area contributed by atoms with E-state index in [1.54, 1.807) is 18.1 Å². The first-order valence-electron chi connectivity index (χ1n) is 5.03. The second-order valence-electron chi connectivity index (χ2n) is 3.54. The van der Waals surface area contributed by atoms with Crippen LogP contribution in [0.15, 0.2) is 35.6 Å². The Morgan fingerprint density at radius 3 is 3.00 bits per heavy atom. The average Bonchev–Trinajstić information content (AvgIpc) is 2.35. The van der Waals surface area contributed by atoms with Gasteiger partial charge in [-0.25, -0.2) is 9.97 Å². The molecule has 1 unspecified atom stereocenters.